The quantitative estimate of drug-likeness (QED) is 0.407. The normalized spacial score (nSPS) is 17.1. The van der Waals surface area contributed by atoms with Crippen molar-refractivity contribution in [2.24, 2.45) is 0 Å². The predicted octanol–water partition coefficient (Wildman–Crippen LogP) is 2.61. The first kappa shape index (κ1) is 32.6. The van der Waals surface area contributed by atoms with Crippen LogP contribution in [-0.2, 0) is 38.8 Å². The number of aryl methyl sites for hydroxylation is 1. The molecule has 10 nitrogen and oxygen atoms in total. The van der Waals surface area contributed by atoms with Gasteiger partial charge in [-0.2, -0.15) is 26.3 Å². The third-order valence-corrected chi connectivity index (χ3v) is 5.34. The van der Waals surface area contributed by atoms with Crippen LogP contribution in [0.15, 0.2) is 6.33 Å². The van der Waals surface area contributed by atoms with Crippen molar-refractivity contribution in [1.29, 1.82) is 0 Å². The Morgan fingerprint density at radius 2 is 1.62 bits per heavy atom. The number of hydrogen-bond acceptors (Lipinski definition) is 7. The van der Waals surface area contributed by atoms with Gasteiger partial charge in [-0.25, -0.2) is 14.6 Å². The molecule has 0 aromatic carbocycles. The Hall–Kier alpha value is -2.43. The van der Waals surface area contributed by atoms with Gasteiger partial charge < -0.3 is 29.2 Å². The standard InChI is InChI=1S/C17H30N4O2.2C2HF3O2/c1-19(2)8-11-23-13-16-17-12-20(15-4-9-22-10-5-15)6-3-7-21(17)14-18-16;2*3-2(4,5)1(6)7/h14-15H,3-13H2,1-2H3;2*(H,6,7). The number of rotatable bonds is 6. The summed E-state index contributed by atoms with van der Waals surface area (Å²) in [5.41, 5.74) is 2.46. The van der Waals surface area contributed by atoms with E-state index in [1.54, 1.807) is 0 Å². The second kappa shape index (κ2) is 15.1. The minimum Gasteiger partial charge on any atom is -0.475 e. The number of carboxylic acid groups (broad SMARTS) is 2. The zero-order valence-electron chi connectivity index (χ0n) is 20.5. The number of nitrogens with zero attached hydrogens (tertiary/aromatic N) is 4. The lowest BCUT2D eigenvalue weighted by Gasteiger charge is -2.33. The second-order valence-corrected chi connectivity index (χ2v) is 8.46. The van der Waals surface area contributed by atoms with Crippen LogP contribution >= 0.6 is 0 Å². The van der Waals surface area contributed by atoms with Gasteiger partial charge in [0.2, 0.25) is 0 Å². The Kier molecular flexibility index (Phi) is 13.3. The first-order valence-corrected chi connectivity index (χ1v) is 11.3. The number of alkyl halides is 6. The molecule has 0 unspecified atom stereocenters. The van der Waals surface area contributed by atoms with Crippen LogP contribution in [0.2, 0.25) is 0 Å². The maximum atomic E-state index is 10.6. The Bertz CT molecular complexity index is 816. The van der Waals surface area contributed by atoms with E-state index < -0.39 is 24.3 Å². The largest absolute Gasteiger partial charge is 0.490 e. The summed E-state index contributed by atoms with van der Waals surface area (Å²) in [6.45, 7) is 7.37. The van der Waals surface area contributed by atoms with E-state index in [9.17, 15) is 26.3 Å². The van der Waals surface area contributed by atoms with Crippen molar-refractivity contribution in [3.8, 4) is 0 Å². The van der Waals surface area contributed by atoms with Gasteiger partial charge in [0.05, 0.1) is 30.9 Å². The molecule has 1 saturated heterocycles. The van der Waals surface area contributed by atoms with Crippen molar-refractivity contribution >= 4 is 11.9 Å². The molecule has 2 aliphatic rings. The fourth-order valence-electron chi connectivity index (χ4n) is 3.44. The maximum absolute atomic E-state index is 10.6. The van der Waals surface area contributed by atoms with Crippen molar-refractivity contribution < 1.29 is 55.6 Å². The first-order chi connectivity index (χ1) is 17.1. The molecule has 0 radical (unpaired) electrons. The van der Waals surface area contributed by atoms with Gasteiger partial charge in [0.1, 0.15) is 0 Å². The molecular weight excluding hydrogens is 518 g/mol. The summed E-state index contributed by atoms with van der Waals surface area (Å²) < 4.78 is 77.1. The maximum Gasteiger partial charge on any atom is 0.490 e. The van der Waals surface area contributed by atoms with E-state index in [4.69, 9.17) is 29.3 Å². The van der Waals surface area contributed by atoms with Gasteiger partial charge in [0.25, 0.3) is 0 Å². The SMILES string of the molecule is CN(C)CCOCc1ncn2c1CN(C1CCOCC1)CCC2.O=C(O)C(F)(F)F.O=C(O)C(F)(F)F. The van der Waals surface area contributed by atoms with E-state index in [1.165, 1.54) is 18.7 Å². The molecule has 1 fully saturated rings. The molecule has 214 valence electrons. The van der Waals surface area contributed by atoms with Gasteiger partial charge in [-0.15, -0.1) is 0 Å². The average Bonchev–Trinajstić information content (AvgIpc) is 3.04. The Labute approximate surface area is 209 Å². The van der Waals surface area contributed by atoms with Gasteiger partial charge in [0, 0.05) is 45.4 Å². The molecule has 1 aromatic rings. The van der Waals surface area contributed by atoms with Crippen LogP contribution in [0.3, 0.4) is 0 Å². The number of ether oxygens (including phenoxy) is 2. The molecule has 3 heterocycles. The van der Waals surface area contributed by atoms with Crippen molar-refractivity contribution in [2.75, 3.05) is 47.0 Å². The number of imidazole rings is 1. The van der Waals surface area contributed by atoms with E-state index in [2.05, 4.69) is 33.4 Å². The summed E-state index contributed by atoms with van der Waals surface area (Å²) in [7, 11) is 4.13. The number of likely N-dealkylation sites (N-methyl/N-ethyl adjacent to an activating group) is 1. The summed E-state index contributed by atoms with van der Waals surface area (Å²) in [5, 5.41) is 14.2. The molecule has 16 heteroatoms. The molecule has 37 heavy (non-hydrogen) atoms. The summed E-state index contributed by atoms with van der Waals surface area (Å²) in [4.78, 5) is 27.2. The summed E-state index contributed by atoms with van der Waals surface area (Å²) in [6, 6.07) is 0.660. The smallest absolute Gasteiger partial charge is 0.475 e. The van der Waals surface area contributed by atoms with E-state index in [0.717, 1.165) is 58.0 Å². The summed E-state index contributed by atoms with van der Waals surface area (Å²) >= 11 is 0. The van der Waals surface area contributed by atoms with Crippen LogP contribution < -0.4 is 0 Å². The number of carbonyl (C=O) groups is 2. The zero-order valence-corrected chi connectivity index (χ0v) is 20.5. The molecule has 0 amide bonds. The third kappa shape index (κ3) is 12.6. The zero-order chi connectivity index (χ0) is 28.2. The number of aromatic nitrogens is 2. The fraction of sp³-hybridized carbons (Fsp3) is 0.762. The number of carboxylic acids is 2. The summed E-state index contributed by atoms with van der Waals surface area (Å²) in [6.07, 6.45) is -4.67. The molecule has 3 rings (SSSR count). The van der Waals surface area contributed by atoms with Crippen molar-refractivity contribution in [3.05, 3.63) is 17.7 Å². The minimum absolute atomic E-state index is 0.623. The lowest BCUT2D eigenvalue weighted by molar-refractivity contribution is -0.193. The summed E-state index contributed by atoms with van der Waals surface area (Å²) in [5.74, 6) is -5.51. The Balaban J connectivity index is 0.000000404. The lowest BCUT2D eigenvalue weighted by Crippen LogP contribution is -2.39. The van der Waals surface area contributed by atoms with Gasteiger partial charge in [0.15, 0.2) is 0 Å². The van der Waals surface area contributed by atoms with Crippen LogP contribution in [0.5, 0.6) is 0 Å². The van der Waals surface area contributed by atoms with Crippen LogP contribution in [0, 0.1) is 0 Å². The Morgan fingerprint density at radius 1 is 1.08 bits per heavy atom. The third-order valence-electron chi connectivity index (χ3n) is 5.34. The fourth-order valence-corrected chi connectivity index (χ4v) is 3.44. The van der Waals surface area contributed by atoms with E-state index in [0.29, 0.717) is 12.6 Å². The molecule has 2 aliphatic heterocycles. The molecule has 0 bridgehead atoms. The van der Waals surface area contributed by atoms with Crippen LogP contribution in [0.25, 0.3) is 0 Å². The van der Waals surface area contributed by atoms with E-state index in [1.807, 2.05) is 6.33 Å². The van der Waals surface area contributed by atoms with Crippen molar-refractivity contribution in [1.82, 2.24) is 19.4 Å². The average molecular weight is 550 g/mol. The topological polar surface area (TPSA) is 117 Å². The highest BCUT2D eigenvalue weighted by Crippen LogP contribution is 2.23. The van der Waals surface area contributed by atoms with Crippen LogP contribution in [-0.4, -0.2) is 107 Å². The lowest BCUT2D eigenvalue weighted by atomic mass is 10.1. The number of aliphatic carboxylic acids is 2. The highest BCUT2D eigenvalue weighted by molar-refractivity contribution is 5.73. The minimum atomic E-state index is -5.08. The van der Waals surface area contributed by atoms with Gasteiger partial charge in [-0.3, -0.25) is 4.90 Å². The van der Waals surface area contributed by atoms with Crippen LogP contribution in [0.1, 0.15) is 30.7 Å². The van der Waals surface area contributed by atoms with Crippen LogP contribution in [0.4, 0.5) is 26.3 Å². The number of hydrogen-bond donors (Lipinski definition) is 2. The predicted molar refractivity (Wildman–Crippen MR) is 117 cm³/mol. The van der Waals surface area contributed by atoms with E-state index in [-0.39, 0.29) is 0 Å². The molecule has 1 aromatic heterocycles. The highest BCUT2D eigenvalue weighted by Gasteiger charge is 2.38. The molecular formula is C21H32F6N4O6. The molecule has 0 atom stereocenters. The second-order valence-electron chi connectivity index (χ2n) is 8.46. The van der Waals surface area contributed by atoms with Gasteiger partial charge in [-0.05, 0) is 33.4 Å². The van der Waals surface area contributed by atoms with Gasteiger partial charge >= 0.3 is 24.3 Å². The first-order valence-electron chi connectivity index (χ1n) is 11.3. The molecule has 0 spiro atoms. The van der Waals surface area contributed by atoms with Crippen molar-refractivity contribution in [3.63, 3.8) is 0 Å². The highest BCUT2D eigenvalue weighted by atomic mass is 19.4. The molecule has 0 aliphatic carbocycles. The van der Waals surface area contributed by atoms with Crippen molar-refractivity contribution in [2.45, 2.75) is 57.4 Å². The van der Waals surface area contributed by atoms with E-state index >= 15 is 0 Å². The monoisotopic (exact) mass is 550 g/mol. The molecule has 0 saturated carbocycles. The number of fused-ring (bicyclic) bond motifs is 1. The number of halogens is 6. The Morgan fingerprint density at radius 3 is 2.11 bits per heavy atom. The van der Waals surface area contributed by atoms with Gasteiger partial charge in [-0.1, -0.05) is 0 Å². The molecule has 2 N–H and O–H groups in total.